The Morgan fingerprint density at radius 1 is 1.80 bits per heavy atom. The van der Waals surface area contributed by atoms with Crippen molar-refractivity contribution in [2.75, 3.05) is 0 Å². The first-order valence-corrected chi connectivity index (χ1v) is 2.87. The molecule has 3 heteroatoms. The lowest BCUT2D eigenvalue weighted by Crippen LogP contribution is -2.41. The quantitative estimate of drug-likeness (QED) is 0.568. The SMILES string of the molecule is C=CC(=O)NC(C)(C)C#N. The van der Waals surface area contributed by atoms with Crippen LogP contribution >= 0.6 is 0 Å². The van der Waals surface area contributed by atoms with Crippen molar-refractivity contribution >= 4 is 5.91 Å². The van der Waals surface area contributed by atoms with E-state index in [-0.39, 0.29) is 5.91 Å². The molecule has 1 amide bonds. The predicted octanol–water partition coefficient (Wildman–Crippen LogP) is 0.591. The smallest absolute Gasteiger partial charge is 0.244 e. The van der Waals surface area contributed by atoms with E-state index in [9.17, 15) is 4.79 Å². The summed E-state index contributed by atoms with van der Waals surface area (Å²) in [6.45, 7) is 6.50. The third-order valence-electron chi connectivity index (χ3n) is 0.901. The molecule has 0 aliphatic carbocycles. The lowest BCUT2D eigenvalue weighted by atomic mass is 10.1. The Balaban J connectivity index is 4.04. The number of carbonyl (C=O) groups is 1. The van der Waals surface area contributed by atoms with Crippen LogP contribution in [0.15, 0.2) is 12.7 Å². The minimum atomic E-state index is -0.800. The van der Waals surface area contributed by atoms with Crippen molar-refractivity contribution in [3.8, 4) is 6.07 Å². The van der Waals surface area contributed by atoms with E-state index in [1.807, 2.05) is 6.07 Å². The molecule has 0 saturated heterocycles. The van der Waals surface area contributed by atoms with E-state index in [2.05, 4.69) is 11.9 Å². The molecular formula is C7H10N2O. The highest BCUT2D eigenvalue weighted by atomic mass is 16.1. The van der Waals surface area contributed by atoms with Crippen LogP contribution in [0, 0.1) is 11.3 Å². The third-order valence-corrected chi connectivity index (χ3v) is 0.901. The van der Waals surface area contributed by atoms with Crippen LogP contribution in [0.3, 0.4) is 0 Å². The maximum Gasteiger partial charge on any atom is 0.244 e. The molecule has 0 spiro atoms. The average molecular weight is 138 g/mol. The molecule has 0 saturated carbocycles. The van der Waals surface area contributed by atoms with E-state index >= 15 is 0 Å². The Morgan fingerprint density at radius 2 is 2.30 bits per heavy atom. The zero-order chi connectivity index (χ0) is 8.20. The summed E-state index contributed by atoms with van der Waals surface area (Å²) >= 11 is 0. The van der Waals surface area contributed by atoms with Gasteiger partial charge in [-0.2, -0.15) is 5.26 Å². The molecule has 0 atom stereocenters. The van der Waals surface area contributed by atoms with Crippen LogP contribution in [0.1, 0.15) is 13.8 Å². The summed E-state index contributed by atoms with van der Waals surface area (Å²) in [6, 6.07) is 1.93. The highest BCUT2D eigenvalue weighted by molar-refractivity contribution is 5.87. The van der Waals surface area contributed by atoms with Gasteiger partial charge in [0.25, 0.3) is 0 Å². The Bertz CT molecular complexity index is 188. The van der Waals surface area contributed by atoms with Crippen molar-refractivity contribution in [1.29, 1.82) is 5.26 Å². The van der Waals surface area contributed by atoms with E-state index < -0.39 is 5.54 Å². The van der Waals surface area contributed by atoms with E-state index in [0.717, 1.165) is 6.08 Å². The van der Waals surface area contributed by atoms with Gasteiger partial charge >= 0.3 is 0 Å². The summed E-state index contributed by atoms with van der Waals surface area (Å²) in [6.07, 6.45) is 1.14. The zero-order valence-electron chi connectivity index (χ0n) is 6.14. The van der Waals surface area contributed by atoms with Crippen molar-refractivity contribution in [2.45, 2.75) is 19.4 Å². The Morgan fingerprint density at radius 3 is 2.60 bits per heavy atom. The van der Waals surface area contributed by atoms with Crippen LogP contribution in [0.4, 0.5) is 0 Å². The molecule has 0 aromatic rings. The fourth-order valence-corrected chi connectivity index (χ4v) is 0.387. The van der Waals surface area contributed by atoms with Crippen molar-refractivity contribution in [3.05, 3.63) is 12.7 Å². The van der Waals surface area contributed by atoms with Crippen LogP contribution in [-0.4, -0.2) is 11.4 Å². The predicted molar refractivity (Wildman–Crippen MR) is 38.0 cm³/mol. The van der Waals surface area contributed by atoms with Crippen LogP contribution < -0.4 is 5.32 Å². The van der Waals surface area contributed by atoms with Gasteiger partial charge in [-0.05, 0) is 19.9 Å². The van der Waals surface area contributed by atoms with Gasteiger partial charge in [0.05, 0.1) is 6.07 Å². The Hall–Kier alpha value is -1.30. The topological polar surface area (TPSA) is 52.9 Å². The molecule has 10 heavy (non-hydrogen) atoms. The molecular weight excluding hydrogens is 128 g/mol. The highest BCUT2D eigenvalue weighted by Gasteiger charge is 2.16. The lowest BCUT2D eigenvalue weighted by Gasteiger charge is -2.15. The first-order valence-electron chi connectivity index (χ1n) is 2.87. The van der Waals surface area contributed by atoms with Crippen molar-refractivity contribution in [1.82, 2.24) is 5.32 Å². The minimum Gasteiger partial charge on any atom is -0.335 e. The third kappa shape index (κ3) is 2.88. The van der Waals surface area contributed by atoms with Gasteiger partial charge in [0.2, 0.25) is 5.91 Å². The highest BCUT2D eigenvalue weighted by Crippen LogP contribution is 1.97. The summed E-state index contributed by atoms with van der Waals surface area (Å²) in [4.78, 5) is 10.6. The number of amides is 1. The number of hydrogen-bond donors (Lipinski definition) is 1. The number of rotatable bonds is 2. The minimum absolute atomic E-state index is 0.327. The maximum atomic E-state index is 10.6. The van der Waals surface area contributed by atoms with E-state index in [1.54, 1.807) is 13.8 Å². The first kappa shape index (κ1) is 8.70. The number of nitrogens with zero attached hydrogens (tertiary/aromatic N) is 1. The molecule has 0 aromatic heterocycles. The van der Waals surface area contributed by atoms with E-state index in [4.69, 9.17) is 5.26 Å². The number of carbonyl (C=O) groups excluding carboxylic acids is 1. The van der Waals surface area contributed by atoms with Gasteiger partial charge in [0, 0.05) is 0 Å². The van der Waals surface area contributed by atoms with Crippen LogP contribution in [0.2, 0.25) is 0 Å². The van der Waals surface area contributed by atoms with Gasteiger partial charge < -0.3 is 5.32 Å². The standard InChI is InChI=1S/C7H10N2O/c1-4-6(10)9-7(2,3)5-8/h4H,1H2,2-3H3,(H,9,10). The van der Waals surface area contributed by atoms with Gasteiger partial charge in [0.1, 0.15) is 5.54 Å². The molecule has 0 fully saturated rings. The van der Waals surface area contributed by atoms with Gasteiger partial charge in [-0.1, -0.05) is 6.58 Å². The van der Waals surface area contributed by atoms with Crippen molar-refractivity contribution in [2.24, 2.45) is 0 Å². The summed E-state index contributed by atoms with van der Waals surface area (Å²) in [5.74, 6) is -0.327. The van der Waals surface area contributed by atoms with Gasteiger partial charge in [-0.25, -0.2) is 0 Å². The van der Waals surface area contributed by atoms with Gasteiger partial charge in [0.15, 0.2) is 0 Å². The molecule has 0 aliphatic rings. The van der Waals surface area contributed by atoms with Crippen LogP contribution in [0.5, 0.6) is 0 Å². The second-order valence-electron chi connectivity index (χ2n) is 2.43. The number of nitriles is 1. The molecule has 0 bridgehead atoms. The molecule has 0 heterocycles. The molecule has 0 aromatic carbocycles. The lowest BCUT2D eigenvalue weighted by molar-refractivity contribution is -0.117. The molecule has 1 N–H and O–H groups in total. The van der Waals surface area contributed by atoms with Gasteiger partial charge in [-0.15, -0.1) is 0 Å². The zero-order valence-corrected chi connectivity index (χ0v) is 6.14. The number of hydrogen-bond acceptors (Lipinski definition) is 2. The molecule has 0 aliphatic heterocycles. The molecule has 0 rings (SSSR count). The average Bonchev–Trinajstić information content (AvgIpc) is 1.87. The number of nitrogens with one attached hydrogen (secondary N) is 1. The van der Waals surface area contributed by atoms with E-state index in [1.165, 1.54) is 0 Å². The summed E-state index contributed by atoms with van der Waals surface area (Å²) < 4.78 is 0. The Kier molecular flexibility index (Phi) is 2.63. The molecule has 0 radical (unpaired) electrons. The fourth-order valence-electron chi connectivity index (χ4n) is 0.387. The first-order chi connectivity index (χ1) is 4.52. The maximum absolute atomic E-state index is 10.6. The molecule has 0 unspecified atom stereocenters. The summed E-state index contributed by atoms with van der Waals surface area (Å²) in [5.41, 5.74) is -0.800. The van der Waals surface area contributed by atoms with E-state index in [0.29, 0.717) is 0 Å². The monoisotopic (exact) mass is 138 g/mol. The van der Waals surface area contributed by atoms with Crippen molar-refractivity contribution in [3.63, 3.8) is 0 Å². The normalized spacial score (nSPS) is 9.70. The van der Waals surface area contributed by atoms with Crippen LogP contribution in [-0.2, 0) is 4.79 Å². The Labute approximate surface area is 60.3 Å². The van der Waals surface area contributed by atoms with Crippen LogP contribution in [0.25, 0.3) is 0 Å². The van der Waals surface area contributed by atoms with Gasteiger partial charge in [-0.3, -0.25) is 4.79 Å². The summed E-state index contributed by atoms with van der Waals surface area (Å²) in [7, 11) is 0. The largest absolute Gasteiger partial charge is 0.335 e. The van der Waals surface area contributed by atoms with Crippen molar-refractivity contribution < 1.29 is 4.79 Å². The summed E-state index contributed by atoms with van der Waals surface area (Å²) in [5, 5.41) is 10.9. The fraction of sp³-hybridized carbons (Fsp3) is 0.429. The second kappa shape index (κ2) is 3.02. The molecule has 3 nitrogen and oxygen atoms in total. The second-order valence-corrected chi connectivity index (χ2v) is 2.43. The molecule has 54 valence electrons.